The van der Waals surface area contributed by atoms with Gasteiger partial charge < -0.3 is 15.0 Å². The highest BCUT2D eigenvalue weighted by Crippen LogP contribution is 2.15. The van der Waals surface area contributed by atoms with Gasteiger partial charge in [-0.05, 0) is 24.8 Å². The molecule has 0 saturated carbocycles. The molecule has 0 aliphatic carbocycles. The second-order valence-corrected chi connectivity index (χ2v) is 4.22. The minimum absolute atomic E-state index is 0.153. The zero-order valence-corrected chi connectivity index (χ0v) is 9.57. The summed E-state index contributed by atoms with van der Waals surface area (Å²) < 4.78 is 5.26. The number of rotatable bonds is 4. The fourth-order valence-corrected chi connectivity index (χ4v) is 1.85. The Morgan fingerprint density at radius 2 is 2.41 bits per heavy atom. The summed E-state index contributed by atoms with van der Waals surface area (Å²) in [5.74, 6) is 0.408. The van der Waals surface area contributed by atoms with Gasteiger partial charge in [0.25, 0.3) is 5.91 Å². The first-order valence-corrected chi connectivity index (χ1v) is 5.80. The Morgan fingerprint density at radius 3 is 3.06 bits per heavy atom. The maximum absolute atomic E-state index is 11.7. The molecule has 0 bridgehead atoms. The van der Waals surface area contributed by atoms with Gasteiger partial charge >= 0.3 is 0 Å². The van der Waals surface area contributed by atoms with E-state index in [4.69, 9.17) is 4.74 Å². The third-order valence-corrected chi connectivity index (χ3v) is 2.91. The lowest BCUT2D eigenvalue weighted by atomic mass is 10.1. The minimum atomic E-state index is -0.204. The summed E-state index contributed by atoms with van der Waals surface area (Å²) >= 11 is 0. The second-order valence-electron chi connectivity index (χ2n) is 4.22. The number of pyridine rings is 1. The number of H-pyrrole nitrogens is 1. The lowest BCUT2D eigenvalue weighted by molar-refractivity contribution is 0.0950. The molecule has 5 nitrogen and oxygen atoms in total. The van der Waals surface area contributed by atoms with Gasteiger partial charge in [0.15, 0.2) is 0 Å². The van der Waals surface area contributed by atoms with E-state index in [9.17, 15) is 9.59 Å². The van der Waals surface area contributed by atoms with E-state index >= 15 is 0 Å². The summed E-state index contributed by atoms with van der Waals surface area (Å²) in [5.41, 5.74) is 0.275. The normalized spacial score (nSPS) is 19.2. The molecule has 1 aromatic heterocycles. The van der Waals surface area contributed by atoms with Crippen molar-refractivity contribution < 1.29 is 9.53 Å². The molecule has 1 atom stereocenters. The van der Waals surface area contributed by atoms with Crippen LogP contribution in [0.25, 0.3) is 0 Å². The largest absolute Gasteiger partial charge is 0.381 e. The quantitative estimate of drug-likeness (QED) is 0.801. The lowest BCUT2D eigenvalue weighted by Gasteiger charge is -2.08. The molecule has 5 heteroatoms. The van der Waals surface area contributed by atoms with E-state index < -0.39 is 0 Å². The summed E-state index contributed by atoms with van der Waals surface area (Å²) in [4.78, 5) is 25.0. The van der Waals surface area contributed by atoms with Crippen LogP contribution in [0.15, 0.2) is 23.1 Å². The predicted octanol–water partition coefficient (Wildman–Crippen LogP) is 0.531. The summed E-state index contributed by atoms with van der Waals surface area (Å²) in [7, 11) is 0. The molecular weight excluding hydrogens is 220 g/mol. The Bertz CT molecular complexity index is 415. The van der Waals surface area contributed by atoms with Crippen molar-refractivity contribution in [3.05, 3.63) is 34.2 Å². The van der Waals surface area contributed by atoms with Crippen molar-refractivity contribution in [3.8, 4) is 0 Å². The molecule has 1 aliphatic rings. The molecule has 1 unspecified atom stereocenters. The number of carbonyl (C=O) groups is 1. The fourth-order valence-electron chi connectivity index (χ4n) is 1.85. The molecule has 0 spiro atoms. The highest BCUT2D eigenvalue weighted by Gasteiger charge is 2.15. The number of amides is 1. The van der Waals surface area contributed by atoms with Gasteiger partial charge in [0.2, 0.25) is 5.56 Å². The van der Waals surface area contributed by atoms with E-state index in [1.807, 2.05) is 0 Å². The average Bonchev–Trinajstić information content (AvgIpc) is 2.83. The molecule has 1 amide bonds. The third-order valence-electron chi connectivity index (χ3n) is 2.91. The summed E-state index contributed by atoms with van der Waals surface area (Å²) in [6.07, 6.45) is 3.44. The minimum Gasteiger partial charge on any atom is -0.381 e. The number of aromatic nitrogens is 1. The molecule has 2 N–H and O–H groups in total. The molecule has 2 rings (SSSR count). The Balaban J connectivity index is 1.76. The SMILES string of the molecule is O=C(NCCC1CCOC1)c1ccc(=O)[nH]c1. The molecule has 1 fully saturated rings. The fraction of sp³-hybridized carbons (Fsp3) is 0.500. The van der Waals surface area contributed by atoms with E-state index in [0.717, 1.165) is 26.1 Å². The Labute approximate surface area is 99.2 Å². The lowest BCUT2D eigenvalue weighted by Crippen LogP contribution is -2.26. The van der Waals surface area contributed by atoms with Gasteiger partial charge in [0.05, 0.1) is 5.56 Å². The highest BCUT2D eigenvalue weighted by molar-refractivity contribution is 5.93. The first-order chi connectivity index (χ1) is 8.25. The molecule has 1 aliphatic heterocycles. The van der Waals surface area contributed by atoms with Gasteiger partial charge in [0, 0.05) is 32.0 Å². The van der Waals surface area contributed by atoms with Gasteiger partial charge in [-0.2, -0.15) is 0 Å². The van der Waals surface area contributed by atoms with Crippen molar-refractivity contribution in [2.75, 3.05) is 19.8 Å². The molecular formula is C12H16N2O3. The maximum atomic E-state index is 11.7. The van der Waals surface area contributed by atoms with E-state index in [1.54, 1.807) is 0 Å². The smallest absolute Gasteiger partial charge is 0.252 e. The summed E-state index contributed by atoms with van der Waals surface area (Å²) in [5, 5.41) is 2.83. The first kappa shape index (κ1) is 11.9. The number of aromatic amines is 1. The van der Waals surface area contributed by atoms with Crippen molar-refractivity contribution >= 4 is 5.91 Å². The topological polar surface area (TPSA) is 71.2 Å². The molecule has 2 heterocycles. The van der Waals surface area contributed by atoms with Crippen LogP contribution in [0.3, 0.4) is 0 Å². The van der Waals surface area contributed by atoms with Crippen molar-refractivity contribution in [1.82, 2.24) is 10.3 Å². The molecule has 1 saturated heterocycles. The van der Waals surface area contributed by atoms with Crippen LogP contribution in [0.5, 0.6) is 0 Å². The molecule has 17 heavy (non-hydrogen) atoms. The number of nitrogens with one attached hydrogen (secondary N) is 2. The van der Waals surface area contributed by atoms with Gasteiger partial charge in [0.1, 0.15) is 0 Å². The van der Waals surface area contributed by atoms with Gasteiger partial charge in [-0.3, -0.25) is 9.59 Å². The van der Waals surface area contributed by atoms with Crippen LogP contribution < -0.4 is 10.9 Å². The van der Waals surface area contributed by atoms with Gasteiger partial charge in [-0.25, -0.2) is 0 Å². The van der Waals surface area contributed by atoms with Crippen molar-refractivity contribution in [2.45, 2.75) is 12.8 Å². The van der Waals surface area contributed by atoms with Gasteiger partial charge in [-0.1, -0.05) is 0 Å². The zero-order chi connectivity index (χ0) is 12.1. The highest BCUT2D eigenvalue weighted by atomic mass is 16.5. The van der Waals surface area contributed by atoms with Crippen LogP contribution in [0.2, 0.25) is 0 Å². The van der Waals surface area contributed by atoms with Crippen molar-refractivity contribution in [3.63, 3.8) is 0 Å². The van der Waals surface area contributed by atoms with Crippen molar-refractivity contribution in [1.29, 1.82) is 0 Å². The second kappa shape index (κ2) is 5.63. The third kappa shape index (κ3) is 3.42. The van der Waals surface area contributed by atoms with E-state index in [-0.39, 0.29) is 11.5 Å². The van der Waals surface area contributed by atoms with Crippen molar-refractivity contribution in [2.24, 2.45) is 5.92 Å². The van der Waals surface area contributed by atoms with E-state index in [2.05, 4.69) is 10.3 Å². The number of ether oxygens (including phenoxy) is 1. The zero-order valence-electron chi connectivity index (χ0n) is 9.57. The Hall–Kier alpha value is -1.62. The predicted molar refractivity (Wildman–Crippen MR) is 62.9 cm³/mol. The van der Waals surface area contributed by atoms with Gasteiger partial charge in [-0.15, -0.1) is 0 Å². The first-order valence-electron chi connectivity index (χ1n) is 5.80. The summed E-state index contributed by atoms with van der Waals surface area (Å²) in [6.45, 7) is 2.28. The molecule has 0 aromatic carbocycles. The number of carbonyl (C=O) groups excluding carboxylic acids is 1. The maximum Gasteiger partial charge on any atom is 0.252 e. The molecule has 0 radical (unpaired) electrons. The van der Waals surface area contributed by atoms with Crippen LogP contribution in [0.4, 0.5) is 0 Å². The van der Waals surface area contributed by atoms with Crippen LogP contribution in [-0.2, 0) is 4.74 Å². The average molecular weight is 236 g/mol. The van der Waals surface area contributed by atoms with Crippen LogP contribution in [-0.4, -0.2) is 30.6 Å². The van der Waals surface area contributed by atoms with E-state index in [1.165, 1.54) is 18.3 Å². The Morgan fingerprint density at radius 1 is 1.53 bits per heavy atom. The summed E-state index contributed by atoms with van der Waals surface area (Å²) in [6, 6.07) is 2.87. The standard InChI is InChI=1S/C12H16N2O3/c15-11-2-1-10(7-14-11)12(16)13-5-3-9-4-6-17-8-9/h1-2,7,9H,3-6,8H2,(H,13,16)(H,14,15). The van der Waals surface area contributed by atoms with Crippen LogP contribution in [0.1, 0.15) is 23.2 Å². The molecule has 1 aromatic rings. The number of hydrogen-bond acceptors (Lipinski definition) is 3. The Kier molecular flexibility index (Phi) is 3.93. The monoisotopic (exact) mass is 236 g/mol. The van der Waals surface area contributed by atoms with Crippen LogP contribution >= 0.6 is 0 Å². The molecule has 92 valence electrons. The number of hydrogen-bond donors (Lipinski definition) is 2. The van der Waals surface area contributed by atoms with Crippen LogP contribution in [0, 0.1) is 5.92 Å². The van der Waals surface area contributed by atoms with E-state index in [0.29, 0.717) is 18.0 Å².